The molecule has 2 rings (SSSR count). The molecule has 5 heteroatoms. The van der Waals surface area contributed by atoms with Crippen molar-refractivity contribution >= 4 is 17.0 Å². The third-order valence-electron chi connectivity index (χ3n) is 2.34. The highest BCUT2D eigenvalue weighted by Gasteiger charge is 2.14. The molecule has 16 heavy (non-hydrogen) atoms. The molecule has 0 amide bonds. The van der Waals surface area contributed by atoms with Crippen LogP contribution in [0.1, 0.15) is 10.4 Å². The van der Waals surface area contributed by atoms with E-state index >= 15 is 0 Å². The predicted molar refractivity (Wildman–Crippen MR) is 58.3 cm³/mol. The normalized spacial score (nSPS) is 10.4. The average molecular weight is 218 g/mol. The SMILES string of the molecule is COC(=O)c1cn(C)c2ncccc2c1=O. The molecular formula is C11H10N2O3. The highest BCUT2D eigenvalue weighted by atomic mass is 16.5. The van der Waals surface area contributed by atoms with Gasteiger partial charge in [-0.2, -0.15) is 0 Å². The van der Waals surface area contributed by atoms with Gasteiger partial charge in [-0.3, -0.25) is 4.79 Å². The number of aryl methyl sites for hydroxylation is 1. The summed E-state index contributed by atoms with van der Waals surface area (Å²) >= 11 is 0. The zero-order valence-corrected chi connectivity index (χ0v) is 8.93. The summed E-state index contributed by atoms with van der Waals surface area (Å²) in [5.74, 6) is -0.633. The molecule has 2 aromatic heterocycles. The zero-order chi connectivity index (χ0) is 11.7. The summed E-state index contributed by atoms with van der Waals surface area (Å²) in [6.45, 7) is 0. The van der Waals surface area contributed by atoms with Crippen LogP contribution in [0.25, 0.3) is 11.0 Å². The van der Waals surface area contributed by atoms with E-state index in [-0.39, 0.29) is 11.0 Å². The van der Waals surface area contributed by atoms with Gasteiger partial charge in [-0.1, -0.05) is 0 Å². The van der Waals surface area contributed by atoms with E-state index < -0.39 is 5.97 Å². The summed E-state index contributed by atoms with van der Waals surface area (Å²) in [6, 6.07) is 3.29. The van der Waals surface area contributed by atoms with Crippen molar-refractivity contribution < 1.29 is 9.53 Å². The van der Waals surface area contributed by atoms with Gasteiger partial charge < -0.3 is 9.30 Å². The quantitative estimate of drug-likeness (QED) is 0.662. The number of ether oxygens (including phenoxy) is 1. The Kier molecular flexibility index (Phi) is 2.44. The molecule has 0 aromatic carbocycles. The van der Waals surface area contributed by atoms with Crippen molar-refractivity contribution in [2.45, 2.75) is 0 Å². The van der Waals surface area contributed by atoms with Crippen LogP contribution < -0.4 is 5.43 Å². The number of fused-ring (bicyclic) bond motifs is 1. The van der Waals surface area contributed by atoms with Gasteiger partial charge in [0.05, 0.1) is 12.5 Å². The first kappa shape index (κ1) is 10.4. The maximum absolute atomic E-state index is 11.9. The van der Waals surface area contributed by atoms with Gasteiger partial charge in [-0.25, -0.2) is 9.78 Å². The first-order chi connectivity index (χ1) is 7.65. The summed E-state index contributed by atoms with van der Waals surface area (Å²) in [5, 5.41) is 0.410. The lowest BCUT2D eigenvalue weighted by Crippen LogP contribution is -2.19. The number of hydrogen-bond acceptors (Lipinski definition) is 4. The molecule has 0 atom stereocenters. The highest BCUT2D eigenvalue weighted by Crippen LogP contribution is 2.07. The van der Waals surface area contributed by atoms with Gasteiger partial charge in [0.25, 0.3) is 0 Å². The predicted octanol–water partition coefficient (Wildman–Crippen LogP) is 0.720. The van der Waals surface area contributed by atoms with Crippen LogP contribution in [0, 0.1) is 0 Å². The van der Waals surface area contributed by atoms with Gasteiger partial charge in [0.2, 0.25) is 5.43 Å². The maximum atomic E-state index is 11.9. The Morgan fingerprint density at radius 2 is 2.25 bits per heavy atom. The van der Waals surface area contributed by atoms with Gasteiger partial charge in [0, 0.05) is 19.4 Å². The second kappa shape index (κ2) is 3.77. The summed E-state index contributed by atoms with van der Waals surface area (Å²) in [5.41, 5.74) is 0.207. The van der Waals surface area contributed by atoms with E-state index in [0.717, 1.165) is 0 Å². The van der Waals surface area contributed by atoms with Crippen LogP contribution in [-0.2, 0) is 11.8 Å². The topological polar surface area (TPSA) is 61.2 Å². The van der Waals surface area contributed by atoms with Gasteiger partial charge in [-0.15, -0.1) is 0 Å². The van der Waals surface area contributed by atoms with E-state index in [9.17, 15) is 9.59 Å². The van der Waals surface area contributed by atoms with E-state index in [0.29, 0.717) is 11.0 Å². The summed E-state index contributed by atoms with van der Waals surface area (Å²) in [7, 11) is 2.97. The van der Waals surface area contributed by atoms with Crippen molar-refractivity contribution in [3.63, 3.8) is 0 Å². The second-order valence-electron chi connectivity index (χ2n) is 3.35. The average Bonchev–Trinajstić information content (AvgIpc) is 2.33. The second-order valence-corrected chi connectivity index (χ2v) is 3.35. The number of carbonyl (C=O) groups excluding carboxylic acids is 1. The molecule has 2 heterocycles. The molecule has 0 radical (unpaired) electrons. The Morgan fingerprint density at radius 1 is 1.50 bits per heavy atom. The van der Waals surface area contributed by atoms with Crippen LogP contribution in [0.3, 0.4) is 0 Å². The van der Waals surface area contributed by atoms with Crippen LogP contribution >= 0.6 is 0 Å². The lowest BCUT2D eigenvalue weighted by Gasteiger charge is -2.06. The minimum absolute atomic E-state index is 0.0190. The molecule has 2 aromatic rings. The summed E-state index contributed by atoms with van der Waals surface area (Å²) < 4.78 is 6.18. The van der Waals surface area contributed by atoms with Gasteiger partial charge >= 0.3 is 5.97 Å². The maximum Gasteiger partial charge on any atom is 0.343 e. The van der Waals surface area contributed by atoms with Crippen LogP contribution in [0.15, 0.2) is 29.3 Å². The van der Waals surface area contributed by atoms with Gasteiger partial charge in [0.15, 0.2) is 0 Å². The fourth-order valence-electron chi connectivity index (χ4n) is 1.57. The van der Waals surface area contributed by atoms with Gasteiger partial charge in [-0.05, 0) is 12.1 Å². The van der Waals surface area contributed by atoms with Crippen molar-refractivity contribution in [2.24, 2.45) is 7.05 Å². The Hall–Kier alpha value is -2.17. The molecule has 0 aliphatic rings. The standard InChI is InChI=1S/C11H10N2O3/c1-13-6-8(11(15)16-2)9(14)7-4-3-5-12-10(7)13/h3-6H,1-2H3. The fourth-order valence-corrected chi connectivity index (χ4v) is 1.57. The Balaban J connectivity index is 2.86. The minimum Gasteiger partial charge on any atom is -0.465 e. The number of aromatic nitrogens is 2. The molecule has 82 valence electrons. The van der Waals surface area contributed by atoms with E-state index in [1.165, 1.54) is 13.3 Å². The highest BCUT2D eigenvalue weighted by molar-refractivity contribution is 5.92. The molecule has 0 saturated carbocycles. The lowest BCUT2D eigenvalue weighted by atomic mass is 10.2. The minimum atomic E-state index is -0.633. The molecular weight excluding hydrogens is 208 g/mol. The third kappa shape index (κ3) is 1.46. The van der Waals surface area contributed by atoms with Crippen molar-refractivity contribution in [3.8, 4) is 0 Å². The van der Waals surface area contributed by atoms with E-state index in [4.69, 9.17) is 0 Å². The number of pyridine rings is 2. The molecule has 0 unspecified atom stereocenters. The largest absolute Gasteiger partial charge is 0.465 e. The molecule has 0 fully saturated rings. The summed E-state index contributed by atoms with van der Waals surface area (Å²) in [4.78, 5) is 27.4. The number of methoxy groups -OCH3 is 1. The molecule has 0 spiro atoms. The molecule has 0 aliphatic heterocycles. The van der Waals surface area contributed by atoms with Crippen molar-refractivity contribution in [3.05, 3.63) is 40.3 Å². The Labute approximate surface area is 91.3 Å². The van der Waals surface area contributed by atoms with Crippen LogP contribution in [0.2, 0.25) is 0 Å². The number of hydrogen-bond donors (Lipinski definition) is 0. The monoisotopic (exact) mass is 218 g/mol. The molecule has 0 aliphatic carbocycles. The van der Waals surface area contributed by atoms with E-state index in [1.54, 1.807) is 29.9 Å². The first-order valence-corrected chi connectivity index (χ1v) is 4.68. The molecule has 0 saturated heterocycles. The van der Waals surface area contributed by atoms with Crippen LogP contribution in [0.5, 0.6) is 0 Å². The van der Waals surface area contributed by atoms with Crippen molar-refractivity contribution in [1.82, 2.24) is 9.55 Å². The number of rotatable bonds is 1. The van der Waals surface area contributed by atoms with Crippen LogP contribution in [0.4, 0.5) is 0 Å². The lowest BCUT2D eigenvalue weighted by molar-refractivity contribution is 0.0598. The number of esters is 1. The van der Waals surface area contributed by atoms with Gasteiger partial charge in [0.1, 0.15) is 11.2 Å². The number of carbonyl (C=O) groups is 1. The fraction of sp³-hybridized carbons (Fsp3) is 0.182. The molecule has 0 N–H and O–H groups in total. The van der Waals surface area contributed by atoms with Crippen LogP contribution in [-0.4, -0.2) is 22.6 Å². The summed E-state index contributed by atoms with van der Waals surface area (Å²) in [6.07, 6.45) is 3.03. The molecule has 0 bridgehead atoms. The Bertz CT molecular complexity index is 616. The first-order valence-electron chi connectivity index (χ1n) is 4.68. The zero-order valence-electron chi connectivity index (χ0n) is 8.93. The smallest absolute Gasteiger partial charge is 0.343 e. The van der Waals surface area contributed by atoms with E-state index in [2.05, 4.69) is 9.72 Å². The van der Waals surface area contributed by atoms with E-state index in [1.807, 2.05) is 0 Å². The van der Waals surface area contributed by atoms with Crippen molar-refractivity contribution in [2.75, 3.05) is 7.11 Å². The van der Waals surface area contributed by atoms with Crippen molar-refractivity contribution in [1.29, 1.82) is 0 Å². The molecule has 5 nitrogen and oxygen atoms in total. The number of nitrogens with zero attached hydrogens (tertiary/aromatic N) is 2. The third-order valence-corrected chi connectivity index (χ3v) is 2.34. The Morgan fingerprint density at radius 3 is 2.94 bits per heavy atom.